The molecule has 3 heteroatoms. The molecule has 0 fully saturated rings. The van der Waals surface area contributed by atoms with E-state index in [1.807, 2.05) is 0 Å². The first-order valence-electron chi connectivity index (χ1n) is 23.0. The molecule has 0 aromatic heterocycles. The summed E-state index contributed by atoms with van der Waals surface area (Å²) >= 11 is 0. The average molecular weight is 846 g/mol. The van der Waals surface area contributed by atoms with Gasteiger partial charge in [0.25, 0.3) is 0 Å². The van der Waals surface area contributed by atoms with Gasteiger partial charge < -0.3 is 19.4 Å². The van der Waals surface area contributed by atoms with Crippen LogP contribution < -0.4 is 0 Å². The molecule has 0 bridgehead atoms. The van der Waals surface area contributed by atoms with Crippen LogP contribution in [-0.4, -0.2) is 10.7 Å². The normalized spacial score (nSPS) is 10.8. The molecule has 2 aromatic rings. The van der Waals surface area contributed by atoms with E-state index in [2.05, 4.69) is 115 Å². The first-order valence-corrected chi connectivity index (χ1v) is 23.0. The maximum Gasteiger partial charge on any atom is 2.00 e. The van der Waals surface area contributed by atoms with Crippen molar-refractivity contribution in [3.05, 3.63) is 101 Å². The molecule has 0 radical (unpaired) electrons. The predicted octanol–water partition coefficient (Wildman–Crippen LogP) is 17.3. The summed E-state index contributed by atoms with van der Waals surface area (Å²) in [7, 11) is 0. The number of hydrogen-bond donors (Lipinski definition) is 0. The van der Waals surface area contributed by atoms with Crippen molar-refractivity contribution in [1.29, 1.82) is 0 Å². The van der Waals surface area contributed by atoms with Crippen molar-refractivity contribution in [2.75, 3.05) is 0 Å². The van der Waals surface area contributed by atoms with E-state index >= 15 is 0 Å². The second-order valence-electron chi connectivity index (χ2n) is 15.3. The average Bonchev–Trinajstić information content (AvgIpc) is 3.20. The summed E-state index contributed by atoms with van der Waals surface area (Å²) in [6.45, 7) is 21.0. The third kappa shape index (κ3) is 29.0. The van der Waals surface area contributed by atoms with Gasteiger partial charge in [-0.25, -0.2) is 0 Å². The molecular weight excluding hydrogens is 759 g/mol. The number of benzene rings is 2. The van der Waals surface area contributed by atoms with E-state index in [1.54, 1.807) is 0 Å². The molecule has 0 spiro atoms. The van der Waals surface area contributed by atoms with E-state index in [0.29, 0.717) is 0 Å². The SMILES string of the molecule is CCCCCCCCC(C(=C=[N+]=[N-])CCCC)=C(c1ccc(CCCC)cc1)c1ccc(CCCCCC)cc1.[CH2-]CCCCCC.[CH2-]CCCCCC.[Pd+2]. The van der Waals surface area contributed by atoms with Crippen LogP contribution in [0.5, 0.6) is 0 Å². The largest absolute Gasteiger partial charge is 2.00 e. The van der Waals surface area contributed by atoms with Crippen molar-refractivity contribution in [3.63, 3.8) is 0 Å². The third-order valence-electron chi connectivity index (χ3n) is 10.2. The van der Waals surface area contributed by atoms with Gasteiger partial charge >= 0.3 is 26.3 Å². The van der Waals surface area contributed by atoms with Crippen LogP contribution in [0.15, 0.2) is 59.7 Å². The summed E-state index contributed by atoms with van der Waals surface area (Å²) in [5.41, 5.74) is 18.6. The molecule has 0 amide bonds. The van der Waals surface area contributed by atoms with Crippen LogP contribution in [0.25, 0.3) is 11.1 Å². The predicted molar refractivity (Wildman–Crippen MR) is 243 cm³/mol. The van der Waals surface area contributed by atoms with Crippen LogP contribution in [0, 0.1) is 13.8 Å². The molecule has 2 aromatic carbocycles. The number of allylic oxidation sites excluding steroid dienone is 2. The van der Waals surface area contributed by atoms with Crippen LogP contribution >= 0.6 is 0 Å². The monoisotopic (exact) mass is 845 g/mol. The van der Waals surface area contributed by atoms with Crippen LogP contribution in [0.1, 0.15) is 231 Å². The van der Waals surface area contributed by atoms with Crippen LogP contribution in [0.2, 0.25) is 0 Å². The number of rotatable bonds is 29. The fourth-order valence-corrected chi connectivity index (χ4v) is 6.73. The number of unbranched alkanes of at least 4 members (excludes halogenated alkanes) is 18. The first kappa shape index (κ1) is 55.1. The van der Waals surface area contributed by atoms with Crippen molar-refractivity contribution in [1.82, 2.24) is 0 Å². The zero-order valence-electron chi connectivity index (χ0n) is 37.0. The smallest absolute Gasteiger partial charge is 0.348 e. The maximum atomic E-state index is 9.62. The Kier molecular flexibility index (Phi) is 41.7. The zero-order chi connectivity index (χ0) is 39.9. The second kappa shape index (κ2) is 41.6. The molecule has 2 nitrogen and oxygen atoms in total. The van der Waals surface area contributed by atoms with Gasteiger partial charge in [0.15, 0.2) is 0 Å². The minimum atomic E-state index is 0. The first-order chi connectivity index (χ1) is 26.5. The van der Waals surface area contributed by atoms with E-state index in [9.17, 15) is 5.53 Å². The Morgan fingerprint density at radius 3 is 1.27 bits per heavy atom. The van der Waals surface area contributed by atoms with E-state index in [1.165, 1.54) is 155 Å². The van der Waals surface area contributed by atoms with Gasteiger partial charge in [0.1, 0.15) is 0 Å². The van der Waals surface area contributed by atoms with Gasteiger partial charge in [0.05, 0.1) is 5.57 Å². The molecule has 0 aliphatic carbocycles. The summed E-state index contributed by atoms with van der Waals surface area (Å²) in [5.74, 6) is 3.03. The van der Waals surface area contributed by atoms with Gasteiger partial charge in [-0.15, -0.1) is 4.79 Å². The van der Waals surface area contributed by atoms with E-state index < -0.39 is 0 Å². The standard InChI is InChI=1S/C38H56N2.2C7H15.Pd/c1-5-9-13-15-16-18-22-37(36(31-40-39)21-12-8-4)38(34-27-23-32(24-28-34)19-11-7-3)35-29-25-33(26-30-35)20-17-14-10-6-2;2*1-3-5-7-6-4-2;/h23-30H,5-22H2,1-4H3;2*1,3-7H2,2H3;/q;2*-1;+2. The number of nitrogens with zero attached hydrogens (tertiary/aromatic N) is 2. The molecule has 0 aliphatic heterocycles. The molecule has 2 rings (SSSR count). The van der Waals surface area contributed by atoms with Crippen molar-refractivity contribution >= 4 is 11.4 Å². The van der Waals surface area contributed by atoms with Gasteiger partial charge in [-0.1, -0.05) is 206 Å². The minimum Gasteiger partial charge on any atom is -0.348 e. The molecule has 314 valence electrons. The second-order valence-corrected chi connectivity index (χ2v) is 15.3. The number of hydrogen-bond acceptors (Lipinski definition) is 0. The van der Waals surface area contributed by atoms with Gasteiger partial charge in [-0.2, -0.15) is 12.8 Å². The fourth-order valence-electron chi connectivity index (χ4n) is 6.73. The Balaban J connectivity index is 0. The van der Waals surface area contributed by atoms with Gasteiger partial charge in [-0.3, -0.25) is 0 Å². The molecule has 0 N–H and O–H groups in total. The molecule has 0 saturated heterocycles. The summed E-state index contributed by atoms with van der Waals surface area (Å²) in [4.78, 5) is 3.44. The van der Waals surface area contributed by atoms with Crippen LogP contribution in [0.3, 0.4) is 0 Å². The van der Waals surface area contributed by atoms with Crippen molar-refractivity contribution in [2.45, 2.75) is 221 Å². The molecular formula is C52H86N2Pd. The molecule has 55 heavy (non-hydrogen) atoms. The summed E-state index contributed by atoms with van der Waals surface area (Å²) in [5, 5.41) is 0. The van der Waals surface area contributed by atoms with Crippen molar-refractivity contribution in [2.24, 2.45) is 0 Å². The van der Waals surface area contributed by atoms with Crippen LogP contribution in [-0.2, 0) is 33.3 Å². The summed E-state index contributed by atoms with van der Waals surface area (Å²) < 4.78 is 0. The summed E-state index contributed by atoms with van der Waals surface area (Å²) in [6, 6.07) is 18.6. The van der Waals surface area contributed by atoms with Crippen molar-refractivity contribution in [3.8, 4) is 0 Å². The maximum absolute atomic E-state index is 9.62. The molecule has 0 saturated carbocycles. The Labute approximate surface area is 357 Å². The summed E-state index contributed by atoms with van der Waals surface area (Å²) in [6.07, 6.45) is 34.5. The zero-order valence-corrected chi connectivity index (χ0v) is 38.6. The number of aryl methyl sites for hydroxylation is 2. The Morgan fingerprint density at radius 1 is 0.473 bits per heavy atom. The minimum absolute atomic E-state index is 0. The van der Waals surface area contributed by atoms with E-state index in [4.69, 9.17) is 0 Å². The van der Waals surface area contributed by atoms with Crippen molar-refractivity contribution < 1.29 is 25.2 Å². The topological polar surface area (TPSA) is 36.4 Å². The van der Waals surface area contributed by atoms with Crippen LogP contribution in [0.4, 0.5) is 0 Å². The van der Waals surface area contributed by atoms with Gasteiger partial charge in [0, 0.05) is 0 Å². The Bertz CT molecular complexity index is 1210. The molecule has 0 aliphatic rings. The molecule has 0 unspecified atom stereocenters. The van der Waals surface area contributed by atoms with E-state index in [-0.39, 0.29) is 20.4 Å². The van der Waals surface area contributed by atoms with E-state index in [0.717, 1.165) is 63.4 Å². The fraction of sp³-hybridized carbons (Fsp3) is 0.654. The Morgan fingerprint density at radius 2 is 0.855 bits per heavy atom. The molecule has 0 heterocycles. The Hall–Kier alpha value is -2.00. The third-order valence-corrected chi connectivity index (χ3v) is 10.2. The quantitative estimate of drug-likeness (QED) is 0.0149. The van der Waals surface area contributed by atoms with Gasteiger partial charge in [0.2, 0.25) is 0 Å². The molecule has 0 atom stereocenters. The van der Waals surface area contributed by atoms with Gasteiger partial charge in [-0.05, 0) is 84.8 Å².